The van der Waals surface area contributed by atoms with E-state index in [4.69, 9.17) is 0 Å². The summed E-state index contributed by atoms with van der Waals surface area (Å²) in [6, 6.07) is 8.63. The molecule has 1 aromatic carbocycles. The lowest BCUT2D eigenvalue weighted by Crippen LogP contribution is -2.29. The summed E-state index contributed by atoms with van der Waals surface area (Å²) < 4.78 is 4.66. The molecule has 1 aromatic heterocycles. The first-order valence-corrected chi connectivity index (χ1v) is 5.91. The van der Waals surface area contributed by atoms with Crippen molar-refractivity contribution < 1.29 is 4.63 Å². The second kappa shape index (κ2) is 4.30. The number of nitrogens with one attached hydrogen (secondary N) is 1. The summed E-state index contributed by atoms with van der Waals surface area (Å²) in [6.07, 6.45) is 1.18. The fourth-order valence-electron chi connectivity index (χ4n) is 2.32. The minimum absolute atomic E-state index is 0.645. The Bertz CT molecular complexity index is 521. The van der Waals surface area contributed by atoms with Crippen molar-refractivity contribution in [2.75, 3.05) is 6.54 Å². The van der Waals surface area contributed by atoms with E-state index < -0.39 is 0 Å². The summed E-state index contributed by atoms with van der Waals surface area (Å²) in [4.78, 5) is 0. The molecule has 0 saturated carbocycles. The van der Waals surface area contributed by atoms with Gasteiger partial charge in [-0.25, -0.2) is 4.63 Å². The smallest absolute Gasteiger partial charge is 0.121 e. The predicted octanol–water partition coefficient (Wildman–Crippen LogP) is 1.81. The normalized spacial score (nSPS) is 17.6. The third-order valence-corrected chi connectivity index (χ3v) is 3.39. The standard InChI is InChI=1S/C13H15N3O/c1-9-13(16-17-15-9)8-14-7-11-6-10-4-2-3-5-12(10)11/h2-5,11,14H,6-8H2,1H3. The van der Waals surface area contributed by atoms with Crippen molar-refractivity contribution in [1.29, 1.82) is 0 Å². The van der Waals surface area contributed by atoms with Crippen molar-refractivity contribution in [2.45, 2.75) is 25.8 Å². The van der Waals surface area contributed by atoms with Gasteiger partial charge in [0.15, 0.2) is 0 Å². The van der Waals surface area contributed by atoms with Crippen molar-refractivity contribution >= 4 is 0 Å². The summed E-state index contributed by atoms with van der Waals surface area (Å²) in [6.45, 7) is 3.63. The molecule has 0 amide bonds. The third kappa shape index (κ3) is 1.96. The lowest BCUT2D eigenvalue weighted by molar-refractivity contribution is 0.300. The predicted molar refractivity (Wildman–Crippen MR) is 63.6 cm³/mol. The third-order valence-electron chi connectivity index (χ3n) is 3.39. The zero-order chi connectivity index (χ0) is 11.7. The molecule has 0 saturated heterocycles. The highest BCUT2D eigenvalue weighted by Crippen LogP contribution is 2.33. The van der Waals surface area contributed by atoms with Gasteiger partial charge in [0.05, 0.1) is 0 Å². The number of benzene rings is 1. The molecule has 4 nitrogen and oxygen atoms in total. The van der Waals surface area contributed by atoms with E-state index in [2.05, 4.69) is 44.5 Å². The molecule has 3 rings (SSSR count). The van der Waals surface area contributed by atoms with Crippen LogP contribution >= 0.6 is 0 Å². The molecule has 0 bridgehead atoms. The van der Waals surface area contributed by atoms with Gasteiger partial charge in [-0.15, -0.1) is 0 Å². The molecule has 2 aromatic rings. The molecule has 88 valence electrons. The first-order chi connectivity index (χ1) is 8.34. The van der Waals surface area contributed by atoms with Gasteiger partial charge in [0.2, 0.25) is 0 Å². The number of nitrogens with zero attached hydrogens (tertiary/aromatic N) is 2. The average molecular weight is 229 g/mol. The van der Waals surface area contributed by atoms with Crippen molar-refractivity contribution in [3.63, 3.8) is 0 Å². The summed E-state index contributed by atoms with van der Waals surface area (Å²) in [7, 11) is 0. The van der Waals surface area contributed by atoms with Crippen LogP contribution in [0.5, 0.6) is 0 Å². The van der Waals surface area contributed by atoms with Gasteiger partial charge in [0.25, 0.3) is 0 Å². The largest absolute Gasteiger partial charge is 0.310 e. The molecule has 4 heteroatoms. The van der Waals surface area contributed by atoms with E-state index in [-0.39, 0.29) is 0 Å². The van der Waals surface area contributed by atoms with Gasteiger partial charge in [0.1, 0.15) is 11.4 Å². The van der Waals surface area contributed by atoms with Gasteiger partial charge in [-0.3, -0.25) is 0 Å². The molecular weight excluding hydrogens is 214 g/mol. The number of hydrogen-bond acceptors (Lipinski definition) is 4. The molecule has 0 aliphatic heterocycles. The van der Waals surface area contributed by atoms with Gasteiger partial charge in [-0.2, -0.15) is 0 Å². The van der Waals surface area contributed by atoms with Gasteiger partial charge in [-0.05, 0) is 24.5 Å². The maximum absolute atomic E-state index is 4.66. The van der Waals surface area contributed by atoms with Crippen LogP contribution in [0.3, 0.4) is 0 Å². The summed E-state index contributed by atoms with van der Waals surface area (Å²) in [5, 5.41) is 11.0. The van der Waals surface area contributed by atoms with Crippen LogP contribution in [-0.2, 0) is 13.0 Å². The average Bonchev–Trinajstić information content (AvgIpc) is 2.71. The van der Waals surface area contributed by atoms with Crippen LogP contribution in [0.2, 0.25) is 0 Å². The molecule has 1 aliphatic rings. The van der Waals surface area contributed by atoms with E-state index in [0.717, 1.165) is 24.5 Å². The maximum atomic E-state index is 4.66. The van der Waals surface area contributed by atoms with Crippen LogP contribution in [0.1, 0.15) is 28.4 Å². The summed E-state index contributed by atoms with van der Waals surface area (Å²) in [5.41, 5.74) is 4.73. The van der Waals surface area contributed by atoms with Crippen LogP contribution in [0.25, 0.3) is 0 Å². The van der Waals surface area contributed by atoms with Crippen LogP contribution in [0.4, 0.5) is 0 Å². The van der Waals surface area contributed by atoms with Gasteiger partial charge in [-0.1, -0.05) is 34.6 Å². The molecule has 0 radical (unpaired) electrons. The van der Waals surface area contributed by atoms with Crippen LogP contribution < -0.4 is 5.32 Å². The minimum Gasteiger partial charge on any atom is -0.310 e. The quantitative estimate of drug-likeness (QED) is 0.868. The monoisotopic (exact) mass is 229 g/mol. The Balaban J connectivity index is 1.53. The number of aryl methyl sites for hydroxylation is 1. The molecule has 1 unspecified atom stereocenters. The van der Waals surface area contributed by atoms with E-state index in [0.29, 0.717) is 5.92 Å². The first-order valence-electron chi connectivity index (χ1n) is 5.91. The lowest BCUT2D eigenvalue weighted by Gasteiger charge is -2.30. The van der Waals surface area contributed by atoms with Gasteiger partial charge in [0, 0.05) is 19.0 Å². The topological polar surface area (TPSA) is 51.0 Å². The summed E-state index contributed by atoms with van der Waals surface area (Å²) >= 11 is 0. The first kappa shape index (κ1) is 10.5. The van der Waals surface area contributed by atoms with E-state index >= 15 is 0 Å². The highest BCUT2D eigenvalue weighted by Gasteiger charge is 2.24. The molecule has 1 atom stereocenters. The maximum Gasteiger partial charge on any atom is 0.121 e. The van der Waals surface area contributed by atoms with E-state index in [1.807, 2.05) is 6.92 Å². The summed E-state index contributed by atoms with van der Waals surface area (Å²) in [5.74, 6) is 0.645. The number of aromatic nitrogens is 2. The minimum atomic E-state index is 0.645. The van der Waals surface area contributed by atoms with Crippen molar-refractivity contribution in [1.82, 2.24) is 15.6 Å². The Morgan fingerprint density at radius 3 is 3.00 bits per heavy atom. The lowest BCUT2D eigenvalue weighted by atomic mass is 9.77. The van der Waals surface area contributed by atoms with Gasteiger partial charge < -0.3 is 5.32 Å². The molecule has 1 aliphatic carbocycles. The second-order valence-electron chi connectivity index (χ2n) is 4.53. The number of hydrogen-bond donors (Lipinski definition) is 1. The Morgan fingerprint density at radius 2 is 2.24 bits per heavy atom. The molecule has 0 fully saturated rings. The second-order valence-corrected chi connectivity index (χ2v) is 4.53. The van der Waals surface area contributed by atoms with E-state index in [1.54, 1.807) is 0 Å². The zero-order valence-corrected chi connectivity index (χ0v) is 9.81. The van der Waals surface area contributed by atoms with Gasteiger partial charge >= 0.3 is 0 Å². The fourth-order valence-corrected chi connectivity index (χ4v) is 2.32. The van der Waals surface area contributed by atoms with E-state index in [9.17, 15) is 0 Å². The molecule has 17 heavy (non-hydrogen) atoms. The Kier molecular flexibility index (Phi) is 2.65. The fraction of sp³-hybridized carbons (Fsp3) is 0.385. The molecule has 0 spiro atoms. The number of fused-ring (bicyclic) bond motifs is 1. The highest BCUT2D eigenvalue weighted by molar-refractivity contribution is 5.40. The number of rotatable bonds is 4. The van der Waals surface area contributed by atoms with Crippen molar-refractivity contribution in [3.8, 4) is 0 Å². The van der Waals surface area contributed by atoms with Crippen LogP contribution in [0.15, 0.2) is 28.9 Å². The highest BCUT2D eigenvalue weighted by atomic mass is 16.6. The van der Waals surface area contributed by atoms with Crippen molar-refractivity contribution in [3.05, 3.63) is 46.8 Å². The Hall–Kier alpha value is -1.68. The van der Waals surface area contributed by atoms with Crippen LogP contribution in [-0.4, -0.2) is 16.9 Å². The van der Waals surface area contributed by atoms with Crippen molar-refractivity contribution in [2.24, 2.45) is 0 Å². The Labute approximate surface area is 100.0 Å². The molecular formula is C13H15N3O. The molecule has 1 N–H and O–H groups in total. The Morgan fingerprint density at radius 1 is 1.35 bits per heavy atom. The molecule has 1 heterocycles. The zero-order valence-electron chi connectivity index (χ0n) is 9.81. The van der Waals surface area contributed by atoms with E-state index in [1.165, 1.54) is 17.5 Å². The van der Waals surface area contributed by atoms with Crippen LogP contribution in [0, 0.1) is 6.92 Å². The SMILES string of the molecule is Cc1nonc1CNCC1Cc2ccccc21.